The van der Waals surface area contributed by atoms with E-state index in [1.54, 1.807) is 4.90 Å². The molecule has 1 amide bonds. The zero-order chi connectivity index (χ0) is 23.4. The van der Waals surface area contributed by atoms with E-state index < -0.39 is 24.1 Å². The van der Waals surface area contributed by atoms with Gasteiger partial charge in [0.15, 0.2) is 0 Å². The Bertz CT molecular complexity index is 795. The molecule has 0 radical (unpaired) electrons. The number of hydrogen-bond acceptors (Lipinski definition) is 3. The van der Waals surface area contributed by atoms with E-state index in [2.05, 4.69) is 4.90 Å². The van der Waals surface area contributed by atoms with Gasteiger partial charge in [0.05, 0.1) is 18.5 Å². The van der Waals surface area contributed by atoms with Gasteiger partial charge >= 0.3 is 0 Å². The number of ether oxygens (including phenoxy) is 1. The molecule has 150 valence electrons. The van der Waals surface area contributed by atoms with E-state index in [1.165, 1.54) is 0 Å². The zero-order valence-electron chi connectivity index (χ0n) is 21.1. The Labute approximate surface area is 174 Å². The largest absolute Gasteiger partial charge is 0.382 e. The lowest BCUT2D eigenvalue weighted by molar-refractivity contribution is -0.120. The molecule has 0 aliphatic carbocycles. The summed E-state index contributed by atoms with van der Waals surface area (Å²) in [5.74, 6) is 0.505. The Hall–Kier alpha value is -1.30. The van der Waals surface area contributed by atoms with Crippen LogP contribution in [0.25, 0.3) is 0 Å². The average Bonchev–Trinajstić information content (AvgIpc) is 3.10. The summed E-state index contributed by atoms with van der Waals surface area (Å²) >= 11 is -2.07. The van der Waals surface area contributed by atoms with Crippen LogP contribution in [0.5, 0.6) is 0 Å². The molecule has 0 spiro atoms. The minimum atomic E-state index is -2.52. The van der Waals surface area contributed by atoms with Crippen molar-refractivity contribution in [2.24, 2.45) is 0 Å². The van der Waals surface area contributed by atoms with Gasteiger partial charge < -0.3 is 14.5 Å². The number of carbonyl (C=O) groups excluding carboxylic acids is 1. The highest BCUT2D eigenvalue weighted by atomic mass is 32.2. The molecule has 0 bridgehead atoms. The minimum absolute atomic E-state index is 0.00978. The molecule has 2 aliphatic rings. The first kappa shape index (κ1) is 14.7. The lowest BCUT2D eigenvalue weighted by Gasteiger charge is -2.48. The molecule has 1 unspecified atom stereocenters. The van der Waals surface area contributed by atoms with Crippen molar-refractivity contribution in [2.45, 2.75) is 43.4 Å². The molecule has 4 nitrogen and oxygen atoms in total. The minimum Gasteiger partial charge on any atom is -0.382 e. The van der Waals surface area contributed by atoms with Crippen LogP contribution in [0.3, 0.4) is 0 Å². The number of piperidine rings is 1. The summed E-state index contributed by atoms with van der Waals surface area (Å²) in [5, 5.41) is 0.00978. The van der Waals surface area contributed by atoms with E-state index in [1.807, 2.05) is 49.4 Å². The molecular weight excluding hydrogens is 356 g/mol. The number of nitrogens with zero attached hydrogens (tertiary/aromatic N) is 2. The maximum absolute atomic E-state index is 13.1. The van der Waals surface area contributed by atoms with Crippen molar-refractivity contribution in [2.75, 3.05) is 43.9 Å². The van der Waals surface area contributed by atoms with Crippen molar-refractivity contribution >= 4 is 23.2 Å². The van der Waals surface area contributed by atoms with Crippen molar-refractivity contribution in [3.05, 3.63) is 42.5 Å². The van der Waals surface area contributed by atoms with Crippen molar-refractivity contribution < 1.29 is 13.6 Å². The first-order valence-corrected chi connectivity index (χ1v) is 10.9. The van der Waals surface area contributed by atoms with Gasteiger partial charge in [0.25, 0.3) is 0 Å². The molecule has 1 atom stereocenters. The van der Waals surface area contributed by atoms with Gasteiger partial charge in [0, 0.05) is 37.5 Å². The van der Waals surface area contributed by atoms with Gasteiger partial charge in [0.1, 0.15) is 0 Å². The number of methoxy groups -OCH3 is 1. The summed E-state index contributed by atoms with van der Waals surface area (Å²) < 4.78 is 44.3. The first-order valence-electron chi connectivity index (χ1n) is 12.2. The third kappa shape index (κ3) is 4.95. The summed E-state index contributed by atoms with van der Waals surface area (Å²) in [6.07, 6.45) is 6.29. The van der Waals surface area contributed by atoms with E-state index in [4.69, 9.17) is 11.1 Å². The van der Waals surface area contributed by atoms with Gasteiger partial charge in [0.2, 0.25) is 5.91 Å². The maximum Gasteiger partial charge on any atom is 0.227 e. The Balaban J connectivity index is 1.76. The fourth-order valence-corrected chi connectivity index (χ4v) is 5.07. The Morgan fingerprint density at radius 2 is 2.19 bits per heavy atom. The van der Waals surface area contributed by atoms with Gasteiger partial charge in [-0.3, -0.25) is 16.4 Å². The predicted octanol–water partition coefficient (Wildman–Crippen LogP) is 3.44. The monoisotopic (exact) mass is 395 g/mol. The van der Waals surface area contributed by atoms with Crippen molar-refractivity contribution in [3.8, 4) is 0 Å². The molecule has 27 heavy (non-hydrogen) atoms. The van der Waals surface area contributed by atoms with Gasteiger partial charge in [-0.15, -0.1) is 0 Å². The quantitative estimate of drug-likeness (QED) is 0.632. The SMILES string of the molecule is [2H]C([2H])([2H])OCC1(N(C(=O)CC)c2ccccc2)CCN(CCC2C=CCS2([2H])[2H])CC1. The summed E-state index contributed by atoms with van der Waals surface area (Å²) in [6.45, 7) is 3.98. The molecule has 5 heteroatoms. The summed E-state index contributed by atoms with van der Waals surface area (Å²) in [5.41, 5.74) is 0.0294. The number of likely N-dealkylation sites (tertiary alicyclic amines) is 1. The van der Waals surface area contributed by atoms with E-state index in [0.29, 0.717) is 38.1 Å². The molecule has 0 saturated carbocycles. The van der Waals surface area contributed by atoms with Gasteiger partial charge in [-0.1, -0.05) is 37.3 Å². The van der Waals surface area contributed by atoms with Crippen molar-refractivity contribution in [1.82, 2.24) is 4.90 Å². The number of anilines is 1. The third-order valence-electron chi connectivity index (χ3n) is 5.66. The standard InChI is InChI=1S/C22H34N2O2S/c1-3-21(25)24(19-8-5-4-6-9-19)22(18-26-2)12-15-23(16-13-22)14-11-20-10-7-17-27-20/h4-10,20H,3,11-18,27H2,1-2H3/i2D3,27D2. The van der Waals surface area contributed by atoms with Crippen molar-refractivity contribution in [3.63, 3.8) is 0 Å². The topological polar surface area (TPSA) is 32.8 Å². The van der Waals surface area contributed by atoms with Crippen LogP contribution in [0.1, 0.15) is 36.7 Å². The zero-order valence-corrected chi connectivity index (χ0v) is 16.9. The highest BCUT2D eigenvalue weighted by Gasteiger charge is 2.42. The number of amides is 1. The summed E-state index contributed by atoms with van der Waals surface area (Å²) in [4.78, 5) is 17.1. The van der Waals surface area contributed by atoms with Crippen LogP contribution in [0, 0.1) is 0 Å². The second-order valence-electron chi connectivity index (χ2n) is 7.36. The number of hydrogen-bond donors (Lipinski definition) is 0. The summed E-state index contributed by atoms with van der Waals surface area (Å²) in [7, 11) is -2.52. The smallest absolute Gasteiger partial charge is 0.227 e. The number of rotatable bonds is 8. The summed E-state index contributed by atoms with van der Waals surface area (Å²) in [6, 6.07) is 9.42. The Morgan fingerprint density at radius 1 is 1.41 bits per heavy atom. The van der Waals surface area contributed by atoms with E-state index >= 15 is 0 Å². The highest BCUT2D eigenvalue weighted by Crippen LogP contribution is 2.35. The third-order valence-corrected chi connectivity index (χ3v) is 6.86. The van der Waals surface area contributed by atoms with Gasteiger partial charge in [-0.25, -0.2) is 0 Å². The van der Waals surface area contributed by atoms with E-state index in [-0.39, 0.29) is 17.8 Å². The normalized spacial score (nSPS) is 28.3. The lowest BCUT2D eigenvalue weighted by Crippen LogP contribution is -2.60. The van der Waals surface area contributed by atoms with Crippen LogP contribution in [0.15, 0.2) is 42.5 Å². The van der Waals surface area contributed by atoms with Gasteiger partial charge in [-0.05, 0) is 43.7 Å². The second-order valence-corrected chi connectivity index (χ2v) is 8.63. The second kappa shape index (κ2) is 9.76. The fraction of sp³-hybridized carbons (Fsp3) is 0.591. The molecule has 1 aromatic carbocycles. The molecule has 1 aromatic rings. The predicted molar refractivity (Wildman–Crippen MR) is 117 cm³/mol. The maximum atomic E-state index is 13.1. The average molecular weight is 396 g/mol. The molecular formula is C22H34N2O2S. The van der Waals surface area contributed by atoms with E-state index in [0.717, 1.165) is 18.7 Å². The van der Waals surface area contributed by atoms with Gasteiger partial charge in [-0.2, -0.15) is 0 Å². The number of benzene rings is 1. The molecule has 0 aromatic heterocycles. The van der Waals surface area contributed by atoms with E-state index in [9.17, 15) is 4.79 Å². The Kier molecular flexibility index (Phi) is 5.30. The van der Waals surface area contributed by atoms with Crippen LogP contribution in [0.4, 0.5) is 5.69 Å². The molecule has 3 rings (SSSR count). The number of para-hydroxylation sites is 1. The Morgan fingerprint density at radius 3 is 2.81 bits per heavy atom. The lowest BCUT2D eigenvalue weighted by atomic mass is 9.85. The first-order chi connectivity index (χ1) is 15.1. The molecule has 2 heterocycles. The fourth-order valence-electron chi connectivity index (χ4n) is 4.11. The molecule has 1 saturated heterocycles. The highest BCUT2D eigenvalue weighted by molar-refractivity contribution is 8.00. The molecule has 1 fully saturated rings. The molecule has 2 aliphatic heterocycles. The van der Waals surface area contributed by atoms with Crippen LogP contribution in [-0.4, -0.2) is 62.9 Å². The van der Waals surface area contributed by atoms with Crippen LogP contribution >= 0.6 is 11.6 Å². The molecule has 0 N–H and O–H groups in total. The van der Waals surface area contributed by atoms with Crippen LogP contribution in [0.2, 0.25) is 0 Å². The van der Waals surface area contributed by atoms with Crippen molar-refractivity contribution in [1.29, 1.82) is 2.25 Å². The van der Waals surface area contributed by atoms with Crippen LogP contribution in [-0.2, 0) is 9.53 Å². The number of carbonyl (C=O) groups is 1. The van der Waals surface area contributed by atoms with Crippen LogP contribution < -0.4 is 4.90 Å².